The van der Waals surface area contributed by atoms with Gasteiger partial charge >= 0.3 is 5.97 Å². The molecule has 1 aromatic heterocycles. The smallest absolute Gasteiger partial charge is 0.311 e. The van der Waals surface area contributed by atoms with Crippen LogP contribution < -0.4 is 0 Å². The maximum Gasteiger partial charge on any atom is 0.311 e. The van der Waals surface area contributed by atoms with Gasteiger partial charge in [0.05, 0.1) is 5.92 Å². The third kappa shape index (κ3) is 2.49. The Morgan fingerprint density at radius 3 is 2.50 bits per heavy atom. The molecular weight excluding hydrogens is 220 g/mol. The lowest BCUT2D eigenvalue weighted by molar-refractivity contribution is -0.138. The topological polar surface area (TPSA) is 37.3 Å². The van der Waals surface area contributed by atoms with Gasteiger partial charge in [0.15, 0.2) is 0 Å². The summed E-state index contributed by atoms with van der Waals surface area (Å²) in [6, 6.07) is 13.3. The van der Waals surface area contributed by atoms with Gasteiger partial charge in [0, 0.05) is 4.88 Å². The fourth-order valence-electron chi connectivity index (χ4n) is 1.66. The predicted molar refractivity (Wildman–Crippen MR) is 64.8 cm³/mol. The third-order valence-electron chi connectivity index (χ3n) is 2.49. The number of aliphatic carboxylic acids is 1. The summed E-state index contributed by atoms with van der Waals surface area (Å²) in [5.74, 6) is -1.21. The van der Waals surface area contributed by atoms with E-state index in [4.69, 9.17) is 0 Å². The first-order valence-electron chi connectivity index (χ1n) is 5.07. The van der Waals surface area contributed by atoms with E-state index in [0.717, 1.165) is 10.4 Å². The Kier molecular flexibility index (Phi) is 3.37. The number of hydrogen-bond acceptors (Lipinski definition) is 2. The van der Waals surface area contributed by atoms with Crippen LogP contribution in [0.3, 0.4) is 0 Å². The van der Waals surface area contributed by atoms with Gasteiger partial charge in [0.2, 0.25) is 0 Å². The van der Waals surface area contributed by atoms with Crippen molar-refractivity contribution in [3.05, 3.63) is 58.3 Å². The Hall–Kier alpha value is -1.61. The number of hydrogen-bond donors (Lipinski definition) is 1. The molecule has 0 radical (unpaired) electrons. The van der Waals surface area contributed by atoms with Gasteiger partial charge in [-0.25, -0.2) is 0 Å². The molecule has 0 fully saturated rings. The molecule has 0 bridgehead atoms. The number of rotatable bonds is 4. The highest BCUT2D eigenvalue weighted by molar-refractivity contribution is 7.09. The molecule has 2 rings (SSSR count). The van der Waals surface area contributed by atoms with E-state index in [2.05, 4.69) is 0 Å². The van der Waals surface area contributed by atoms with E-state index in [9.17, 15) is 9.90 Å². The Morgan fingerprint density at radius 1 is 1.19 bits per heavy atom. The highest BCUT2D eigenvalue weighted by Gasteiger charge is 2.20. The number of carboxylic acid groups (broad SMARTS) is 1. The van der Waals surface area contributed by atoms with Crippen molar-refractivity contribution in [1.82, 2.24) is 0 Å². The largest absolute Gasteiger partial charge is 0.481 e. The van der Waals surface area contributed by atoms with Crippen LogP contribution in [0.2, 0.25) is 0 Å². The highest BCUT2D eigenvalue weighted by atomic mass is 32.1. The standard InChI is InChI=1S/C13H12O2S/c14-13(15)12(9-11-7-4-8-16-11)10-5-2-1-3-6-10/h1-8,12H,9H2,(H,14,15)/t12-/m1/s1. The molecule has 0 spiro atoms. The van der Waals surface area contributed by atoms with E-state index in [-0.39, 0.29) is 0 Å². The molecule has 3 heteroatoms. The summed E-state index contributed by atoms with van der Waals surface area (Å²) in [5, 5.41) is 11.2. The minimum Gasteiger partial charge on any atom is -0.481 e. The second-order valence-electron chi connectivity index (χ2n) is 3.58. The van der Waals surface area contributed by atoms with Crippen LogP contribution >= 0.6 is 11.3 Å². The number of thiophene rings is 1. The highest BCUT2D eigenvalue weighted by Crippen LogP contribution is 2.23. The lowest BCUT2D eigenvalue weighted by atomic mass is 9.95. The average Bonchev–Trinajstić information content (AvgIpc) is 2.79. The fraction of sp³-hybridized carbons (Fsp3) is 0.154. The van der Waals surface area contributed by atoms with Crippen molar-refractivity contribution in [3.8, 4) is 0 Å². The van der Waals surface area contributed by atoms with Crippen LogP contribution in [0.1, 0.15) is 16.4 Å². The molecule has 0 saturated carbocycles. The van der Waals surface area contributed by atoms with Crippen LogP contribution in [-0.2, 0) is 11.2 Å². The van der Waals surface area contributed by atoms with E-state index in [0.29, 0.717) is 6.42 Å². The molecule has 1 aromatic carbocycles. The van der Waals surface area contributed by atoms with Gasteiger partial charge in [-0.2, -0.15) is 0 Å². The zero-order valence-corrected chi connectivity index (χ0v) is 9.48. The van der Waals surface area contributed by atoms with Crippen molar-refractivity contribution in [2.24, 2.45) is 0 Å². The van der Waals surface area contributed by atoms with Crippen LogP contribution in [0.5, 0.6) is 0 Å². The van der Waals surface area contributed by atoms with E-state index < -0.39 is 11.9 Å². The normalized spacial score (nSPS) is 12.2. The molecule has 0 aliphatic rings. The van der Waals surface area contributed by atoms with Crippen molar-refractivity contribution in [1.29, 1.82) is 0 Å². The first kappa shape index (κ1) is 10.9. The van der Waals surface area contributed by atoms with E-state index in [1.807, 2.05) is 47.8 Å². The molecule has 1 N–H and O–H groups in total. The second-order valence-corrected chi connectivity index (χ2v) is 4.62. The second kappa shape index (κ2) is 4.94. The SMILES string of the molecule is O=C(O)[C@H](Cc1cccs1)c1ccccc1. The molecule has 0 unspecified atom stereocenters. The van der Waals surface area contributed by atoms with Gasteiger partial charge in [-0.1, -0.05) is 36.4 Å². The number of benzene rings is 1. The van der Waals surface area contributed by atoms with Crippen LogP contribution in [0.25, 0.3) is 0 Å². The van der Waals surface area contributed by atoms with Crippen molar-refractivity contribution in [2.45, 2.75) is 12.3 Å². The van der Waals surface area contributed by atoms with Gasteiger partial charge < -0.3 is 5.11 Å². The van der Waals surface area contributed by atoms with Crippen LogP contribution in [0, 0.1) is 0 Å². The van der Waals surface area contributed by atoms with Crippen molar-refractivity contribution in [3.63, 3.8) is 0 Å². The molecule has 0 amide bonds. The van der Waals surface area contributed by atoms with Gasteiger partial charge in [0.1, 0.15) is 0 Å². The Balaban J connectivity index is 2.22. The summed E-state index contributed by atoms with van der Waals surface area (Å²) in [6.07, 6.45) is 0.566. The first-order chi connectivity index (χ1) is 7.77. The molecule has 16 heavy (non-hydrogen) atoms. The van der Waals surface area contributed by atoms with Crippen LogP contribution in [0.4, 0.5) is 0 Å². The van der Waals surface area contributed by atoms with Crippen molar-refractivity contribution < 1.29 is 9.90 Å². The first-order valence-corrected chi connectivity index (χ1v) is 5.95. The van der Waals surface area contributed by atoms with E-state index in [1.54, 1.807) is 11.3 Å². The fourth-order valence-corrected chi connectivity index (χ4v) is 2.41. The van der Waals surface area contributed by atoms with Gasteiger partial charge in [0.25, 0.3) is 0 Å². The Morgan fingerprint density at radius 2 is 1.94 bits per heavy atom. The summed E-state index contributed by atoms with van der Waals surface area (Å²) in [7, 11) is 0. The average molecular weight is 232 g/mol. The molecule has 2 nitrogen and oxygen atoms in total. The molecular formula is C13H12O2S. The Labute approximate surface area is 98.2 Å². The molecule has 0 saturated heterocycles. The zero-order valence-electron chi connectivity index (χ0n) is 8.67. The monoisotopic (exact) mass is 232 g/mol. The molecule has 1 heterocycles. The summed E-state index contributed by atoms with van der Waals surface area (Å²) in [4.78, 5) is 12.3. The maximum absolute atomic E-state index is 11.2. The summed E-state index contributed by atoms with van der Waals surface area (Å²) in [6.45, 7) is 0. The van der Waals surface area contributed by atoms with Gasteiger partial charge in [-0.05, 0) is 23.4 Å². The molecule has 2 aromatic rings. The summed E-state index contributed by atoms with van der Waals surface area (Å²) < 4.78 is 0. The minimum atomic E-state index is -0.764. The van der Waals surface area contributed by atoms with E-state index in [1.165, 1.54) is 0 Å². The molecule has 82 valence electrons. The number of carboxylic acids is 1. The molecule has 1 atom stereocenters. The third-order valence-corrected chi connectivity index (χ3v) is 3.38. The maximum atomic E-state index is 11.2. The Bertz CT molecular complexity index is 448. The van der Waals surface area contributed by atoms with Gasteiger partial charge in [-0.15, -0.1) is 11.3 Å². The van der Waals surface area contributed by atoms with Crippen molar-refractivity contribution in [2.75, 3.05) is 0 Å². The summed E-state index contributed by atoms with van der Waals surface area (Å²) >= 11 is 1.60. The van der Waals surface area contributed by atoms with Crippen molar-refractivity contribution >= 4 is 17.3 Å². The lowest BCUT2D eigenvalue weighted by Crippen LogP contribution is -2.13. The van der Waals surface area contributed by atoms with Crippen LogP contribution in [0.15, 0.2) is 47.8 Å². The quantitative estimate of drug-likeness (QED) is 0.879. The summed E-state index contributed by atoms with van der Waals surface area (Å²) in [5.41, 5.74) is 0.864. The van der Waals surface area contributed by atoms with E-state index >= 15 is 0 Å². The zero-order chi connectivity index (χ0) is 11.4. The molecule has 0 aliphatic heterocycles. The van der Waals surface area contributed by atoms with Gasteiger partial charge in [-0.3, -0.25) is 4.79 Å². The molecule has 0 aliphatic carbocycles. The van der Waals surface area contributed by atoms with Crippen LogP contribution in [-0.4, -0.2) is 11.1 Å². The predicted octanol–water partition coefficient (Wildman–Crippen LogP) is 3.16. The minimum absolute atomic E-state index is 0.445. The lowest BCUT2D eigenvalue weighted by Gasteiger charge is -2.11. The number of carbonyl (C=O) groups is 1.